The third-order valence-corrected chi connectivity index (χ3v) is 4.67. The number of likely N-dealkylation sites (tertiary alicyclic amines) is 1. The summed E-state index contributed by atoms with van der Waals surface area (Å²) in [6, 6.07) is 15.4. The van der Waals surface area contributed by atoms with E-state index in [1.807, 2.05) is 23.1 Å². The summed E-state index contributed by atoms with van der Waals surface area (Å²) in [5.74, 6) is 1.49. The van der Waals surface area contributed by atoms with Crippen LogP contribution in [0.5, 0.6) is 11.5 Å². The standard InChI is InChI=1S/C19H20N2O3.ClH/c20-16-12-21(11-15(16)13-4-2-1-3-5-13)19(22)14-6-7-17-18(10-14)24-9-8-23-17;/h1-7,10,15-16H,8-9,11-12,20H2;1H/t15-,16+;/m0./s1. The number of fused-ring (bicyclic) bond motifs is 1. The van der Waals surface area contributed by atoms with Gasteiger partial charge in [0.25, 0.3) is 5.91 Å². The third-order valence-electron chi connectivity index (χ3n) is 4.67. The Morgan fingerprint density at radius 2 is 1.72 bits per heavy atom. The number of nitrogens with two attached hydrogens (primary N) is 1. The van der Waals surface area contributed by atoms with Crippen LogP contribution in [0.15, 0.2) is 48.5 Å². The molecule has 2 heterocycles. The molecule has 0 aromatic heterocycles. The van der Waals surface area contributed by atoms with Gasteiger partial charge in [0, 0.05) is 30.6 Å². The van der Waals surface area contributed by atoms with Gasteiger partial charge in [0.1, 0.15) is 13.2 Å². The van der Waals surface area contributed by atoms with Gasteiger partial charge < -0.3 is 20.1 Å². The number of carbonyl (C=O) groups is 1. The zero-order valence-corrected chi connectivity index (χ0v) is 14.6. The lowest BCUT2D eigenvalue weighted by molar-refractivity contribution is 0.0788. The van der Waals surface area contributed by atoms with Gasteiger partial charge in [0.05, 0.1) is 0 Å². The molecule has 0 unspecified atom stereocenters. The Morgan fingerprint density at radius 1 is 1.00 bits per heavy atom. The van der Waals surface area contributed by atoms with E-state index in [1.54, 1.807) is 18.2 Å². The Bertz CT molecular complexity index is 754. The van der Waals surface area contributed by atoms with Crippen LogP contribution in [0, 0.1) is 0 Å². The van der Waals surface area contributed by atoms with Crippen LogP contribution in [0.3, 0.4) is 0 Å². The summed E-state index contributed by atoms with van der Waals surface area (Å²) in [5, 5.41) is 0. The lowest BCUT2D eigenvalue weighted by atomic mass is 9.95. The first-order chi connectivity index (χ1) is 11.7. The van der Waals surface area contributed by atoms with Gasteiger partial charge >= 0.3 is 0 Å². The van der Waals surface area contributed by atoms with E-state index >= 15 is 0 Å². The normalized spacial score (nSPS) is 21.6. The molecule has 2 N–H and O–H groups in total. The summed E-state index contributed by atoms with van der Waals surface area (Å²) >= 11 is 0. The highest BCUT2D eigenvalue weighted by Gasteiger charge is 2.34. The smallest absolute Gasteiger partial charge is 0.254 e. The minimum absolute atomic E-state index is 0. The number of nitrogens with zero attached hydrogens (tertiary/aromatic N) is 1. The topological polar surface area (TPSA) is 64.8 Å². The van der Waals surface area contributed by atoms with Gasteiger partial charge in [-0.15, -0.1) is 12.4 Å². The average molecular weight is 361 g/mol. The van der Waals surface area contributed by atoms with Crippen molar-refractivity contribution >= 4 is 18.3 Å². The van der Waals surface area contributed by atoms with Crippen LogP contribution in [0.1, 0.15) is 21.8 Å². The third kappa shape index (κ3) is 3.43. The van der Waals surface area contributed by atoms with E-state index in [1.165, 1.54) is 5.56 Å². The fourth-order valence-electron chi connectivity index (χ4n) is 3.41. The highest BCUT2D eigenvalue weighted by molar-refractivity contribution is 5.95. The van der Waals surface area contributed by atoms with Gasteiger partial charge in [-0.05, 0) is 23.8 Å². The molecular formula is C19H21ClN2O3. The quantitative estimate of drug-likeness (QED) is 0.893. The minimum Gasteiger partial charge on any atom is -0.486 e. The summed E-state index contributed by atoms with van der Waals surface area (Å²) < 4.78 is 11.1. The number of carbonyl (C=O) groups excluding carboxylic acids is 1. The number of ether oxygens (including phenoxy) is 2. The SMILES string of the molecule is Cl.N[C@@H]1CN(C(=O)c2ccc3c(c2)OCCO3)C[C@H]1c1ccccc1. The van der Waals surface area contributed by atoms with Crippen molar-refractivity contribution in [2.75, 3.05) is 26.3 Å². The predicted octanol–water partition coefficient (Wildman–Crippen LogP) is 2.45. The molecule has 0 bridgehead atoms. The largest absolute Gasteiger partial charge is 0.486 e. The zero-order valence-electron chi connectivity index (χ0n) is 13.8. The molecule has 25 heavy (non-hydrogen) atoms. The van der Waals surface area contributed by atoms with Gasteiger partial charge in [-0.25, -0.2) is 0 Å². The van der Waals surface area contributed by atoms with E-state index in [0.717, 1.165) is 0 Å². The van der Waals surface area contributed by atoms with Gasteiger partial charge in [-0.2, -0.15) is 0 Å². The molecule has 132 valence electrons. The summed E-state index contributed by atoms with van der Waals surface area (Å²) in [6.07, 6.45) is 0. The van der Waals surface area contributed by atoms with Crippen LogP contribution in [0.4, 0.5) is 0 Å². The van der Waals surface area contributed by atoms with Crippen molar-refractivity contribution < 1.29 is 14.3 Å². The molecule has 0 aliphatic carbocycles. The summed E-state index contributed by atoms with van der Waals surface area (Å²) in [5.41, 5.74) is 8.08. The molecule has 1 fully saturated rings. The van der Waals surface area contributed by atoms with Crippen molar-refractivity contribution in [1.29, 1.82) is 0 Å². The summed E-state index contributed by atoms with van der Waals surface area (Å²) in [4.78, 5) is 14.7. The van der Waals surface area contributed by atoms with Crippen molar-refractivity contribution in [3.63, 3.8) is 0 Å². The average Bonchev–Trinajstić information content (AvgIpc) is 3.03. The summed E-state index contributed by atoms with van der Waals surface area (Å²) in [6.45, 7) is 2.25. The van der Waals surface area contributed by atoms with Crippen molar-refractivity contribution in [3.8, 4) is 11.5 Å². The van der Waals surface area contributed by atoms with E-state index in [9.17, 15) is 4.79 Å². The number of rotatable bonds is 2. The first-order valence-corrected chi connectivity index (χ1v) is 8.22. The first-order valence-electron chi connectivity index (χ1n) is 8.22. The molecule has 0 radical (unpaired) electrons. The molecule has 1 saturated heterocycles. The van der Waals surface area contributed by atoms with Crippen molar-refractivity contribution in [1.82, 2.24) is 4.90 Å². The van der Waals surface area contributed by atoms with Gasteiger partial charge in [-0.3, -0.25) is 4.79 Å². The Labute approximate surface area is 153 Å². The Hall–Kier alpha value is -2.24. The highest BCUT2D eigenvalue weighted by atomic mass is 35.5. The van der Waals surface area contributed by atoms with E-state index < -0.39 is 0 Å². The van der Waals surface area contributed by atoms with Crippen LogP contribution in [0.25, 0.3) is 0 Å². The van der Waals surface area contributed by atoms with Gasteiger partial charge in [-0.1, -0.05) is 30.3 Å². The van der Waals surface area contributed by atoms with Crippen molar-refractivity contribution in [2.24, 2.45) is 5.73 Å². The number of hydrogen-bond donors (Lipinski definition) is 1. The Kier molecular flexibility index (Phi) is 5.16. The number of amides is 1. The lowest BCUT2D eigenvalue weighted by Crippen LogP contribution is -2.32. The molecule has 2 atom stereocenters. The molecule has 4 rings (SSSR count). The lowest BCUT2D eigenvalue weighted by Gasteiger charge is -2.20. The second-order valence-corrected chi connectivity index (χ2v) is 6.25. The molecule has 2 aliphatic rings. The fourth-order valence-corrected chi connectivity index (χ4v) is 3.41. The van der Waals surface area contributed by atoms with E-state index in [0.29, 0.717) is 43.4 Å². The van der Waals surface area contributed by atoms with E-state index in [-0.39, 0.29) is 30.3 Å². The molecule has 0 saturated carbocycles. The maximum Gasteiger partial charge on any atom is 0.254 e. The molecule has 5 nitrogen and oxygen atoms in total. The van der Waals surface area contributed by atoms with E-state index in [2.05, 4.69) is 12.1 Å². The molecule has 2 aliphatic heterocycles. The van der Waals surface area contributed by atoms with Crippen LogP contribution in [0.2, 0.25) is 0 Å². The molecule has 2 aromatic carbocycles. The van der Waals surface area contributed by atoms with Crippen molar-refractivity contribution in [3.05, 3.63) is 59.7 Å². The Morgan fingerprint density at radius 3 is 2.48 bits per heavy atom. The second-order valence-electron chi connectivity index (χ2n) is 6.25. The zero-order chi connectivity index (χ0) is 16.5. The molecule has 1 amide bonds. The molecule has 0 spiro atoms. The Balaban J connectivity index is 0.00000182. The number of hydrogen-bond acceptors (Lipinski definition) is 4. The van der Waals surface area contributed by atoms with E-state index in [4.69, 9.17) is 15.2 Å². The second kappa shape index (κ2) is 7.33. The predicted molar refractivity (Wildman–Crippen MR) is 97.7 cm³/mol. The van der Waals surface area contributed by atoms with Gasteiger partial charge in [0.15, 0.2) is 11.5 Å². The van der Waals surface area contributed by atoms with Crippen LogP contribution < -0.4 is 15.2 Å². The molecular weight excluding hydrogens is 340 g/mol. The highest BCUT2D eigenvalue weighted by Crippen LogP contribution is 2.32. The van der Waals surface area contributed by atoms with Crippen molar-refractivity contribution in [2.45, 2.75) is 12.0 Å². The van der Waals surface area contributed by atoms with Crippen LogP contribution in [-0.2, 0) is 0 Å². The molecule has 6 heteroatoms. The monoisotopic (exact) mass is 360 g/mol. The fraction of sp³-hybridized carbons (Fsp3) is 0.316. The summed E-state index contributed by atoms with van der Waals surface area (Å²) in [7, 11) is 0. The van der Waals surface area contributed by atoms with Crippen LogP contribution in [-0.4, -0.2) is 43.2 Å². The number of benzene rings is 2. The minimum atomic E-state index is -0.0476. The maximum atomic E-state index is 12.8. The van der Waals surface area contributed by atoms with Gasteiger partial charge in [0.2, 0.25) is 0 Å². The molecule has 2 aromatic rings. The van der Waals surface area contributed by atoms with Crippen LogP contribution >= 0.6 is 12.4 Å². The first kappa shape index (κ1) is 17.6. The maximum absolute atomic E-state index is 12.8. The number of halogens is 1.